The van der Waals surface area contributed by atoms with Gasteiger partial charge in [0, 0.05) is 33.4 Å². The van der Waals surface area contributed by atoms with E-state index in [-0.39, 0.29) is 17.1 Å². The molecule has 3 atom stereocenters. The average molecular weight is 360 g/mol. The van der Waals surface area contributed by atoms with E-state index in [0.29, 0.717) is 23.7 Å². The Morgan fingerprint density at radius 2 is 2.09 bits per heavy atom. The molecule has 1 aliphatic heterocycles. The third-order valence-electron chi connectivity index (χ3n) is 3.64. The molecular weight excluding hydrogens is 342 g/mol. The number of nitrogens with zero attached hydrogens (tertiary/aromatic N) is 1. The molecule has 120 valence electrons. The lowest BCUT2D eigenvalue weighted by atomic mass is 10.1. The van der Waals surface area contributed by atoms with Crippen LogP contribution in [0.15, 0.2) is 29.2 Å². The molecule has 1 heterocycles. The smallest absolute Gasteiger partial charge is 0.326 e. The first-order valence-corrected chi connectivity index (χ1v) is 8.87. The number of carboxylic acid groups (broad SMARTS) is 1. The second-order valence-electron chi connectivity index (χ2n) is 5.36. The van der Waals surface area contributed by atoms with E-state index >= 15 is 0 Å². The van der Waals surface area contributed by atoms with Crippen LogP contribution in [0.3, 0.4) is 0 Å². The molecule has 1 N–H and O–H groups in total. The van der Waals surface area contributed by atoms with Gasteiger partial charge in [0.15, 0.2) is 0 Å². The number of thioether (sulfide) groups is 1. The Labute approximate surface area is 144 Å². The van der Waals surface area contributed by atoms with Crippen LogP contribution in [-0.4, -0.2) is 45.5 Å². The van der Waals surface area contributed by atoms with Crippen LogP contribution in [0.1, 0.15) is 13.3 Å². The number of hydrogen-bond acceptors (Lipinski definition) is 4. The predicted molar refractivity (Wildman–Crippen MR) is 91.9 cm³/mol. The number of rotatable bonds is 5. The van der Waals surface area contributed by atoms with E-state index in [9.17, 15) is 14.7 Å². The number of amides is 1. The molecule has 0 aromatic heterocycles. The molecule has 22 heavy (non-hydrogen) atoms. The standard InChI is InChI=1S/C15H18ClNO3S2/c1-9(8-21)14(18)17-7-12(6-13(17)15(19)20)22-11-4-2-10(16)3-5-11/h2-5,9,12-13,21H,6-8H2,1H3,(H,19,20)/t9?,12?,13-/m0/s1. The van der Waals surface area contributed by atoms with Gasteiger partial charge in [-0.15, -0.1) is 11.8 Å². The molecule has 1 saturated heterocycles. The fourth-order valence-corrected chi connectivity index (χ4v) is 3.90. The van der Waals surface area contributed by atoms with Crippen molar-refractivity contribution in [1.82, 2.24) is 4.90 Å². The van der Waals surface area contributed by atoms with Crippen molar-refractivity contribution in [2.24, 2.45) is 5.92 Å². The van der Waals surface area contributed by atoms with E-state index in [1.807, 2.05) is 12.1 Å². The molecule has 0 aliphatic carbocycles. The maximum Gasteiger partial charge on any atom is 0.326 e. The van der Waals surface area contributed by atoms with Crippen molar-refractivity contribution in [2.75, 3.05) is 12.3 Å². The Balaban J connectivity index is 2.08. The Morgan fingerprint density at radius 1 is 1.45 bits per heavy atom. The van der Waals surface area contributed by atoms with Gasteiger partial charge in [0.25, 0.3) is 0 Å². The Hall–Kier alpha value is -0.850. The molecule has 7 heteroatoms. The number of aliphatic carboxylic acids is 1. The third-order valence-corrected chi connectivity index (χ3v) is 5.66. The lowest BCUT2D eigenvalue weighted by Crippen LogP contribution is -2.43. The van der Waals surface area contributed by atoms with Crippen molar-refractivity contribution in [2.45, 2.75) is 29.5 Å². The molecule has 4 nitrogen and oxygen atoms in total. The maximum absolute atomic E-state index is 12.3. The monoisotopic (exact) mass is 359 g/mol. The average Bonchev–Trinajstić information content (AvgIpc) is 2.92. The van der Waals surface area contributed by atoms with Crippen LogP contribution in [-0.2, 0) is 9.59 Å². The van der Waals surface area contributed by atoms with Crippen LogP contribution < -0.4 is 0 Å². The Morgan fingerprint density at radius 3 is 2.64 bits per heavy atom. The Bertz CT molecular complexity index is 552. The highest BCUT2D eigenvalue weighted by molar-refractivity contribution is 8.00. The number of carbonyl (C=O) groups excluding carboxylic acids is 1. The zero-order chi connectivity index (χ0) is 16.3. The third kappa shape index (κ3) is 4.12. The van der Waals surface area contributed by atoms with Crippen LogP contribution in [0.2, 0.25) is 5.02 Å². The molecule has 0 bridgehead atoms. The molecule has 2 unspecified atom stereocenters. The summed E-state index contributed by atoms with van der Waals surface area (Å²) in [6, 6.07) is 6.67. The number of benzene rings is 1. The van der Waals surface area contributed by atoms with E-state index < -0.39 is 12.0 Å². The maximum atomic E-state index is 12.3. The van der Waals surface area contributed by atoms with Gasteiger partial charge in [-0.05, 0) is 30.7 Å². The summed E-state index contributed by atoms with van der Waals surface area (Å²) < 4.78 is 0. The summed E-state index contributed by atoms with van der Waals surface area (Å²) in [6.45, 7) is 2.22. The van der Waals surface area contributed by atoms with E-state index in [4.69, 9.17) is 11.6 Å². The Kier molecular flexibility index (Phi) is 6.06. The first kappa shape index (κ1) is 17.5. The van der Waals surface area contributed by atoms with Gasteiger partial charge in [-0.25, -0.2) is 4.79 Å². The zero-order valence-corrected chi connectivity index (χ0v) is 14.6. The van der Waals surface area contributed by atoms with Gasteiger partial charge in [-0.2, -0.15) is 12.6 Å². The highest BCUT2D eigenvalue weighted by Crippen LogP contribution is 2.34. The molecule has 1 amide bonds. The quantitative estimate of drug-likeness (QED) is 0.793. The van der Waals surface area contributed by atoms with Gasteiger partial charge >= 0.3 is 5.97 Å². The summed E-state index contributed by atoms with van der Waals surface area (Å²) in [6.07, 6.45) is 0.452. The van der Waals surface area contributed by atoms with E-state index in [2.05, 4.69) is 12.6 Å². The molecule has 1 fully saturated rings. The minimum atomic E-state index is -0.945. The highest BCUT2D eigenvalue weighted by atomic mass is 35.5. The van der Waals surface area contributed by atoms with Crippen molar-refractivity contribution in [3.05, 3.63) is 29.3 Å². The summed E-state index contributed by atoms with van der Waals surface area (Å²) >= 11 is 11.6. The van der Waals surface area contributed by atoms with Crippen LogP contribution in [0.5, 0.6) is 0 Å². The van der Waals surface area contributed by atoms with E-state index in [1.54, 1.807) is 30.8 Å². The molecule has 0 saturated carbocycles. The number of thiol groups is 1. The van der Waals surface area contributed by atoms with Crippen molar-refractivity contribution in [1.29, 1.82) is 0 Å². The van der Waals surface area contributed by atoms with Gasteiger partial charge in [-0.1, -0.05) is 18.5 Å². The summed E-state index contributed by atoms with van der Waals surface area (Å²) in [4.78, 5) is 26.3. The van der Waals surface area contributed by atoms with Gasteiger partial charge in [-0.3, -0.25) is 4.79 Å². The van der Waals surface area contributed by atoms with Gasteiger partial charge in [0.1, 0.15) is 6.04 Å². The van der Waals surface area contributed by atoms with Gasteiger partial charge < -0.3 is 10.0 Å². The van der Waals surface area contributed by atoms with Gasteiger partial charge in [0.05, 0.1) is 0 Å². The fourth-order valence-electron chi connectivity index (χ4n) is 2.43. The number of halogens is 1. The molecular formula is C15H18ClNO3S2. The zero-order valence-electron chi connectivity index (χ0n) is 12.1. The van der Waals surface area contributed by atoms with Crippen molar-refractivity contribution in [3.8, 4) is 0 Å². The van der Waals surface area contributed by atoms with Crippen LogP contribution in [0.4, 0.5) is 0 Å². The highest BCUT2D eigenvalue weighted by Gasteiger charge is 2.40. The van der Waals surface area contributed by atoms with E-state index in [1.165, 1.54) is 4.90 Å². The van der Waals surface area contributed by atoms with Crippen LogP contribution in [0, 0.1) is 5.92 Å². The first-order valence-electron chi connectivity index (χ1n) is 6.98. The van der Waals surface area contributed by atoms with Crippen molar-refractivity contribution in [3.63, 3.8) is 0 Å². The summed E-state index contributed by atoms with van der Waals surface area (Å²) in [5, 5.41) is 10.1. The van der Waals surface area contributed by atoms with Gasteiger partial charge in [0.2, 0.25) is 5.91 Å². The predicted octanol–water partition coefficient (Wildman–Crippen LogP) is 3.05. The fraction of sp³-hybridized carbons (Fsp3) is 0.467. The summed E-state index contributed by atoms with van der Waals surface area (Å²) in [5.41, 5.74) is 0. The molecule has 1 aromatic carbocycles. The molecule has 1 aliphatic rings. The lowest BCUT2D eigenvalue weighted by Gasteiger charge is -2.24. The minimum Gasteiger partial charge on any atom is -0.480 e. The topological polar surface area (TPSA) is 57.6 Å². The molecule has 2 rings (SSSR count). The van der Waals surface area contributed by atoms with Crippen molar-refractivity contribution < 1.29 is 14.7 Å². The van der Waals surface area contributed by atoms with Crippen LogP contribution >= 0.6 is 36.0 Å². The number of likely N-dealkylation sites (tertiary alicyclic amines) is 1. The molecule has 0 radical (unpaired) electrons. The number of carbonyl (C=O) groups is 2. The van der Waals surface area contributed by atoms with Crippen molar-refractivity contribution >= 4 is 47.9 Å². The van der Waals surface area contributed by atoms with Crippen LogP contribution in [0.25, 0.3) is 0 Å². The largest absolute Gasteiger partial charge is 0.480 e. The summed E-state index contributed by atoms with van der Waals surface area (Å²) in [5.74, 6) is -0.943. The molecule has 0 spiro atoms. The molecule has 1 aromatic rings. The first-order chi connectivity index (χ1) is 10.4. The number of carboxylic acids is 1. The lowest BCUT2D eigenvalue weighted by molar-refractivity contribution is -0.149. The SMILES string of the molecule is CC(CS)C(=O)N1CC(Sc2ccc(Cl)cc2)C[C@H]1C(=O)O. The second kappa shape index (κ2) is 7.62. The minimum absolute atomic E-state index is 0.0679. The normalized spacial score (nSPS) is 22.6. The number of hydrogen-bond donors (Lipinski definition) is 2. The summed E-state index contributed by atoms with van der Waals surface area (Å²) in [7, 11) is 0. The van der Waals surface area contributed by atoms with E-state index in [0.717, 1.165) is 4.90 Å². The second-order valence-corrected chi connectivity index (χ2v) is 7.53.